The van der Waals surface area contributed by atoms with E-state index in [0.717, 1.165) is 12.3 Å². The highest BCUT2D eigenvalue weighted by molar-refractivity contribution is 5.97. The van der Waals surface area contributed by atoms with E-state index in [1.54, 1.807) is 0 Å². The molecule has 1 rings (SSSR count). The van der Waals surface area contributed by atoms with E-state index in [4.69, 9.17) is 4.99 Å². The summed E-state index contributed by atoms with van der Waals surface area (Å²) < 4.78 is 0. The smallest absolute Gasteiger partial charge is 0.0434 e. The van der Waals surface area contributed by atoms with Gasteiger partial charge in [0.25, 0.3) is 0 Å². The van der Waals surface area contributed by atoms with Gasteiger partial charge in [-0.1, -0.05) is 91.9 Å². The summed E-state index contributed by atoms with van der Waals surface area (Å²) in [5, 5.41) is 0. The van der Waals surface area contributed by atoms with Crippen LogP contribution in [0, 0.1) is 23.2 Å². The molecule has 160 valence electrons. The lowest BCUT2D eigenvalue weighted by atomic mass is 9.71. The van der Waals surface area contributed by atoms with Crippen molar-refractivity contribution in [3.05, 3.63) is 36.6 Å². The molecule has 0 amide bonds. The van der Waals surface area contributed by atoms with Gasteiger partial charge in [0.15, 0.2) is 0 Å². The Kier molecular flexibility index (Phi) is 11.7. The summed E-state index contributed by atoms with van der Waals surface area (Å²) in [4.78, 5) is 5.07. The number of allylic oxidation sites excluding steroid dienone is 4. The molecule has 1 aliphatic rings. The quantitative estimate of drug-likeness (QED) is 0.221. The molecule has 0 bridgehead atoms. The Balaban J connectivity index is 3.06. The van der Waals surface area contributed by atoms with E-state index in [1.807, 2.05) is 6.08 Å². The van der Waals surface area contributed by atoms with Crippen molar-refractivity contribution in [2.75, 3.05) is 0 Å². The van der Waals surface area contributed by atoms with Crippen molar-refractivity contribution in [2.45, 2.75) is 106 Å². The van der Waals surface area contributed by atoms with Crippen LogP contribution in [-0.2, 0) is 0 Å². The van der Waals surface area contributed by atoms with E-state index < -0.39 is 0 Å². The zero-order chi connectivity index (χ0) is 21.0. The lowest BCUT2D eigenvalue weighted by Gasteiger charge is -2.34. The summed E-state index contributed by atoms with van der Waals surface area (Å²) in [5.74, 6) is 2.08. The highest BCUT2D eigenvalue weighted by Gasteiger charge is 2.28. The zero-order valence-corrected chi connectivity index (χ0v) is 19.8. The lowest BCUT2D eigenvalue weighted by molar-refractivity contribution is 0.183. The molecule has 2 unspecified atom stereocenters. The standard InChI is InChI=1S/C27H47N/c1-8-13-19-25(24-17-14-15-18-24)26(16-9-2)28-21-23(10-3)20-22(6)27(7,11-4)12-5/h9-10,16,21-22,24-25H,3,8,11-15,17-20H2,1-2,4-7H3/b16-9-,23-21-,28-26+. The van der Waals surface area contributed by atoms with Gasteiger partial charge < -0.3 is 0 Å². The Bertz CT molecular complexity index is 526. The van der Waals surface area contributed by atoms with Crippen LogP contribution in [0.2, 0.25) is 0 Å². The molecule has 1 nitrogen and oxygen atoms in total. The Labute approximate surface area is 176 Å². The molecule has 0 aromatic heterocycles. The van der Waals surface area contributed by atoms with Crippen LogP contribution in [0.15, 0.2) is 41.6 Å². The number of aliphatic imine (C=N–C) groups is 1. The van der Waals surface area contributed by atoms with Gasteiger partial charge in [0.1, 0.15) is 0 Å². The molecule has 1 heteroatoms. The third-order valence-corrected chi connectivity index (χ3v) is 7.54. The van der Waals surface area contributed by atoms with Crippen LogP contribution in [-0.4, -0.2) is 5.71 Å². The number of rotatable bonds is 13. The average Bonchev–Trinajstić information content (AvgIpc) is 3.24. The molecular weight excluding hydrogens is 338 g/mol. The largest absolute Gasteiger partial charge is 0.261 e. The number of nitrogens with zero attached hydrogens (tertiary/aromatic N) is 1. The fourth-order valence-corrected chi connectivity index (χ4v) is 4.74. The van der Waals surface area contributed by atoms with Gasteiger partial charge in [0, 0.05) is 17.8 Å². The summed E-state index contributed by atoms with van der Waals surface area (Å²) in [7, 11) is 0. The molecule has 0 saturated heterocycles. The first kappa shape index (κ1) is 24.9. The molecule has 28 heavy (non-hydrogen) atoms. The van der Waals surface area contributed by atoms with Crippen molar-refractivity contribution >= 4 is 5.71 Å². The minimum Gasteiger partial charge on any atom is -0.261 e. The van der Waals surface area contributed by atoms with Crippen molar-refractivity contribution in [3.63, 3.8) is 0 Å². The van der Waals surface area contributed by atoms with Crippen LogP contribution in [0.25, 0.3) is 0 Å². The second-order valence-electron chi connectivity index (χ2n) is 9.22. The Hall–Kier alpha value is -1.11. The molecule has 0 radical (unpaired) electrons. The Morgan fingerprint density at radius 2 is 1.82 bits per heavy atom. The van der Waals surface area contributed by atoms with Crippen molar-refractivity contribution in [1.82, 2.24) is 0 Å². The third-order valence-electron chi connectivity index (χ3n) is 7.54. The highest BCUT2D eigenvalue weighted by atomic mass is 14.7. The van der Waals surface area contributed by atoms with E-state index in [-0.39, 0.29) is 0 Å². The normalized spacial score (nSPS) is 19.4. The molecular formula is C27H47N. The second kappa shape index (κ2) is 13.2. The van der Waals surface area contributed by atoms with Crippen molar-refractivity contribution in [3.8, 4) is 0 Å². The van der Waals surface area contributed by atoms with E-state index in [9.17, 15) is 0 Å². The Morgan fingerprint density at radius 3 is 2.32 bits per heavy atom. The molecule has 2 atom stereocenters. The fraction of sp³-hybridized carbons (Fsp3) is 0.741. The van der Waals surface area contributed by atoms with Crippen molar-refractivity contribution < 1.29 is 0 Å². The number of hydrogen-bond donors (Lipinski definition) is 0. The van der Waals surface area contributed by atoms with Gasteiger partial charge in [-0.2, -0.15) is 0 Å². The first-order chi connectivity index (χ1) is 13.4. The summed E-state index contributed by atoms with van der Waals surface area (Å²) in [6, 6.07) is 0. The molecule has 0 aromatic carbocycles. The molecule has 0 aliphatic heterocycles. The van der Waals surface area contributed by atoms with E-state index >= 15 is 0 Å². The SMILES string of the molecule is C=C/C(=C/N=C(\C=C/C)C(CCCC)C1CCCC1)CC(C)C(C)(CC)CC. The van der Waals surface area contributed by atoms with Crippen molar-refractivity contribution in [2.24, 2.45) is 28.2 Å². The second-order valence-corrected chi connectivity index (χ2v) is 9.22. The van der Waals surface area contributed by atoms with Gasteiger partial charge in [-0.15, -0.1) is 0 Å². The van der Waals surface area contributed by atoms with Gasteiger partial charge in [-0.25, -0.2) is 0 Å². The average molecular weight is 386 g/mol. The highest BCUT2D eigenvalue weighted by Crippen LogP contribution is 2.38. The maximum atomic E-state index is 5.07. The Morgan fingerprint density at radius 1 is 1.18 bits per heavy atom. The molecule has 0 spiro atoms. The van der Waals surface area contributed by atoms with Crippen LogP contribution >= 0.6 is 0 Å². The summed E-state index contributed by atoms with van der Waals surface area (Å²) in [5.41, 5.74) is 2.97. The minimum atomic E-state index is 0.394. The number of unbranched alkanes of at least 4 members (excludes halogenated alkanes) is 1. The monoisotopic (exact) mass is 385 g/mol. The first-order valence-electron chi connectivity index (χ1n) is 12.0. The molecule has 1 fully saturated rings. The summed E-state index contributed by atoms with van der Waals surface area (Å²) >= 11 is 0. The van der Waals surface area contributed by atoms with E-state index in [0.29, 0.717) is 17.3 Å². The molecule has 1 aliphatic carbocycles. The van der Waals surface area contributed by atoms with Gasteiger partial charge in [0.2, 0.25) is 0 Å². The molecule has 0 N–H and O–H groups in total. The van der Waals surface area contributed by atoms with Crippen LogP contribution in [0.4, 0.5) is 0 Å². The zero-order valence-electron chi connectivity index (χ0n) is 19.8. The van der Waals surface area contributed by atoms with Gasteiger partial charge in [-0.3, -0.25) is 4.99 Å². The van der Waals surface area contributed by atoms with Gasteiger partial charge in [0.05, 0.1) is 0 Å². The predicted octanol–water partition coefficient (Wildman–Crippen LogP) is 8.92. The molecule has 0 aromatic rings. The van der Waals surface area contributed by atoms with E-state index in [2.05, 4.69) is 66.5 Å². The van der Waals surface area contributed by atoms with Crippen LogP contribution in [0.3, 0.4) is 0 Å². The predicted molar refractivity (Wildman–Crippen MR) is 128 cm³/mol. The third kappa shape index (κ3) is 7.37. The summed E-state index contributed by atoms with van der Waals surface area (Å²) in [6.45, 7) is 18.0. The minimum absolute atomic E-state index is 0.394. The van der Waals surface area contributed by atoms with Gasteiger partial charge >= 0.3 is 0 Å². The molecule has 1 saturated carbocycles. The molecule has 0 heterocycles. The first-order valence-corrected chi connectivity index (χ1v) is 12.0. The number of hydrogen-bond acceptors (Lipinski definition) is 1. The maximum absolute atomic E-state index is 5.07. The van der Waals surface area contributed by atoms with Crippen LogP contribution < -0.4 is 0 Å². The summed E-state index contributed by atoms with van der Waals surface area (Å²) in [6.07, 6.45) is 21.5. The topological polar surface area (TPSA) is 12.4 Å². The maximum Gasteiger partial charge on any atom is 0.0434 e. The van der Waals surface area contributed by atoms with Crippen molar-refractivity contribution in [1.29, 1.82) is 0 Å². The van der Waals surface area contributed by atoms with Gasteiger partial charge in [-0.05, 0) is 61.5 Å². The van der Waals surface area contributed by atoms with E-state index in [1.165, 1.54) is 69.1 Å². The van der Waals surface area contributed by atoms with Crippen LogP contribution in [0.5, 0.6) is 0 Å². The lowest BCUT2D eigenvalue weighted by Crippen LogP contribution is -2.24. The fourth-order valence-electron chi connectivity index (χ4n) is 4.74. The van der Waals surface area contributed by atoms with Crippen LogP contribution in [0.1, 0.15) is 106 Å².